The zero-order chi connectivity index (χ0) is 17.1. The van der Waals surface area contributed by atoms with Gasteiger partial charge in [0.1, 0.15) is 50.4 Å². The average molecular weight is 326 g/mol. The molecular formula is C15H22N2O6. The van der Waals surface area contributed by atoms with E-state index in [9.17, 15) is 19.8 Å². The van der Waals surface area contributed by atoms with Crippen LogP contribution in [0.15, 0.2) is 24.3 Å². The van der Waals surface area contributed by atoms with Gasteiger partial charge in [0.15, 0.2) is 0 Å². The van der Waals surface area contributed by atoms with E-state index in [1.807, 2.05) is 0 Å². The van der Waals surface area contributed by atoms with Gasteiger partial charge in [-0.1, -0.05) is 0 Å². The minimum absolute atomic E-state index is 0.322. The molecule has 1 heterocycles. The van der Waals surface area contributed by atoms with E-state index >= 15 is 0 Å². The first-order valence-electron chi connectivity index (χ1n) is 7.42. The molecule has 8 nitrogen and oxygen atoms in total. The summed E-state index contributed by atoms with van der Waals surface area (Å²) in [6.07, 6.45) is -1.06. The third-order valence-electron chi connectivity index (χ3n) is 2.98. The number of carboxylic acid groups (broad SMARTS) is 2. The van der Waals surface area contributed by atoms with Crippen LogP contribution in [0.2, 0.25) is 0 Å². The lowest BCUT2D eigenvalue weighted by Gasteiger charge is -2.15. The highest BCUT2D eigenvalue weighted by Crippen LogP contribution is 2.18. The average Bonchev–Trinajstić information content (AvgIpc) is 2.56. The predicted molar refractivity (Wildman–Crippen MR) is 75.4 cm³/mol. The smallest absolute Gasteiger partial charge is 0.135 e. The summed E-state index contributed by atoms with van der Waals surface area (Å²) in [5.74, 6) is -2.00. The van der Waals surface area contributed by atoms with Crippen LogP contribution in [-0.2, 0) is 9.59 Å². The number of benzene rings is 1. The first kappa shape index (κ1) is 18.7. The Balaban J connectivity index is 0.000000366. The van der Waals surface area contributed by atoms with Crippen molar-refractivity contribution in [1.82, 2.24) is 0 Å². The molecule has 0 spiro atoms. The number of rotatable bonds is 6. The van der Waals surface area contributed by atoms with Gasteiger partial charge in [0.2, 0.25) is 0 Å². The number of piperazine rings is 1. The molecule has 23 heavy (non-hydrogen) atoms. The fourth-order valence-corrected chi connectivity index (χ4v) is 1.77. The van der Waals surface area contributed by atoms with E-state index in [1.54, 1.807) is 0 Å². The molecule has 0 aromatic heterocycles. The molecular weight excluding hydrogens is 304 g/mol. The Morgan fingerprint density at radius 2 is 1.52 bits per heavy atom. The normalized spacial score (nSPS) is 14.8. The van der Waals surface area contributed by atoms with E-state index in [-0.39, 0.29) is 0 Å². The van der Waals surface area contributed by atoms with Crippen LogP contribution in [0.3, 0.4) is 0 Å². The topological polar surface area (TPSA) is 132 Å². The molecule has 0 unspecified atom stereocenters. The standard InChI is InChI=1S/C11H12O6.C4H10N2/c1-7(11(14)15)17-9-4-2-8(3-5-9)16-6-10(12)13;1-2-6-4-3-5-1/h2-5,7H,6H2,1H3,(H,12,13)(H,14,15);5-6H,1-4H2/t7-;/m1./s1. The Morgan fingerprint density at radius 1 is 1.04 bits per heavy atom. The van der Waals surface area contributed by atoms with Crippen molar-refractivity contribution in [2.45, 2.75) is 13.0 Å². The largest absolute Gasteiger partial charge is 0.546 e. The zero-order valence-electron chi connectivity index (χ0n) is 13.0. The van der Waals surface area contributed by atoms with Crippen molar-refractivity contribution >= 4 is 11.9 Å². The number of hydrogen-bond donors (Lipinski definition) is 2. The molecule has 0 radical (unpaired) electrons. The number of ether oxygens (including phenoxy) is 2. The molecule has 8 heteroatoms. The van der Waals surface area contributed by atoms with Crippen molar-refractivity contribution in [2.75, 3.05) is 32.8 Å². The Kier molecular flexibility index (Phi) is 8.48. The minimum atomic E-state index is -1.32. The first-order chi connectivity index (χ1) is 11.0. The van der Waals surface area contributed by atoms with E-state index in [2.05, 4.69) is 10.6 Å². The van der Waals surface area contributed by atoms with E-state index < -0.39 is 24.6 Å². The minimum Gasteiger partial charge on any atom is -0.546 e. The van der Waals surface area contributed by atoms with Gasteiger partial charge in [0.05, 0.1) is 11.9 Å². The van der Waals surface area contributed by atoms with E-state index in [0.29, 0.717) is 11.5 Å². The number of nitrogens with two attached hydrogens (primary N) is 2. The molecule has 0 saturated carbocycles. The van der Waals surface area contributed by atoms with Crippen LogP contribution in [0.5, 0.6) is 11.5 Å². The van der Waals surface area contributed by atoms with Crippen molar-refractivity contribution in [3.63, 3.8) is 0 Å². The Morgan fingerprint density at radius 3 is 1.91 bits per heavy atom. The van der Waals surface area contributed by atoms with Gasteiger partial charge >= 0.3 is 0 Å². The zero-order valence-corrected chi connectivity index (χ0v) is 13.0. The fraction of sp³-hybridized carbons (Fsp3) is 0.467. The fourth-order valence-electron chi connectivity index (χ4n) is 1.77. The van der Waals surface area contributed by atoms with Gasteiger partial charge in [-0.3, -0.25) is 0 Å². The molecule has 0 aliphatic carbocycles. The summed E-state index contributed by atoms with van der Waals surface area (Å²) in [5.41, 5.74) is 0. The third-order valence-corrected chi connectivity index (χ3v) is 2.98. The summed E-state index contributed by atoms with van der Waals surface area (Å²) >= 11 is 0. The molecule has 4 N–H and O–H groups in total. The summed E-state index contributed by atoms with van der Waals surface area (Å²) in [5, 5.41) is 25.3. The highest BCUT2D eigenvalue weighted by atomic mass is 16.5. The predicted octanol–water partition coefficient (Wildman–Crippen LogP) is -4.54. The number of carbonyl (C=O) groups is 2. The SMILES string of the molecule is C1C[NH2+]CC[NH2+]1.C[C@@H](Oc1ccc(OCC(=O)[O-])cc1)C(=O)[O-]. The summed E-state index contributed by atoms with van der Waals surface area (Å²) in [7, 11) is 0. The lowest BCUT2D eigenvalue weighted by Crippen LogP contribution is -3.04. The molecule has 1 aromatic rings. The van der Waals surface area contributed by atoms with Crippen LogP contribution in [0.1, 0.15) is 6.92 Å². The van der Waals surface area contributed by atoms with Gasteiger partial charge in [-0.15, -0.1) is 0 Å². The van der Waals surface area contributed by atoms with Crippen LogP contribution in [0, 0.1) is 0 Å². The number of quaternary nitrogens is 2. The quantitative estimate of drug-likeness (QED) is 0.541. The second kappa shape index (κ2) is 10.4. The monoisotopic (exact) mass is 326 g/mol. The highest BCUT2D eigenvalue weighted by Gasteiger charge is 2.04. The first-order valence-corrected chi connectivity index (χ1v) is 7.42. The summed E-state index contributed by atoms with van der Waals surface area (Å²) in [4.78, 5) is 20.5. The van der Waals surface area contributed by atoms with E-state index in [0.717, 1.165) is 0 Å². The summed E-state index contributed by atoms with van der Waals surface area (Å²) in [6, 6.07) is 5.84. The van der Waals surface area contributed by atoms with Crippen LogP contribution in [0.25, 0.3) is 0 Å². The molecule has 128 valence electrons. The van der Waals surface area contributed by atoms with Crippen LogP contribution in [-0.4, -0.2) is 50.8 Å². The number of hydrogen-bond acceptors (Lipinski definition) is 6. The molecule has 2 rings (SSSR count). The van der Waals surface area contributed by atoms with Crippen LogP contribution in [0.4, 0.5) is 0 Å². The molecule has 0 amide bonds. The van der Waals surface area contributed by atoms with Gasteiger partial charge in [-0.05, 0) is 31.2 Å². The maximum absolute atomic E-state index is 10.4. The molecule has 1 aliphatic rings. The van der Waals surface area contributed by atoms with Crippen LogP contribution < -0.4 is 30.3 Å². The Bertz CT molecular complexity index is 476. The van der Waals surface area contributed by atoms with Gasteiger partial charge in [-0.25, -0.2) is 0 Å². The lowest BCUT2D eigenvalue weighted by atomic mass is 10.3. The van der Waals surface area contributed by atoms with Crippen molar-refractivity contribution in [2.24, 2.45) is 0 Å². The molecule has 1 saturated heterocycles. The van der Waals surface area contributed by atoms with Gasteiger partial charge in [0.25, 0.3) is 0 Å². The molecule has 1 atom stereocenters. The number of carbonyl (C=O) groups excluding carboxylic acids is 2. The highest BCUT2D eigenvalue weighted by molar-refractivity contribution is 5.69. The Labute approximate surface area is 134 Å². The van der Waals surface area contributed by atoms with Gasteiger partial charge < -0.3 is 39.9 Å². The second-order valence-electron chi connectivity index (χ2n) is 4.94. The summed E-state index contributed by atoms with van der Waals surface area (Å²) in [6.45, 7) is 6.07. The molecule has 0 bridgehead atoms. The van der Waals surface area contributed by atoms with Crippen molar-refractivity contribution < 1.29 is 39.9 Å². The summed E-state index contributed by atoms with van der Waals surface area (Å²) < 4.78 is 9.84. The molecule has 1 aromatic carbocycles. The van der Waals surface area contributed by atoms with E-state index in [4.69, 9.17) is 9.47 Å². The van der Waals surface area contributed by atoms with Gasteiger partial charge in [-0.2, -0.15) is 0 Å². The molecule has 1 aliphatic heterocycles. The van der Waals surface area contributed by atoms with Gasteiger partial charge in [0, 0.05) is 0 Å². The maximum atomic E-state index is 10.4. The van der Waals surface area contributed by atoms with E-state index in [1.165, 1.54) is 57.4 Å². The second-order valence-corrected chi connectivity index (χ2v) is 4.94. The van der Waals surface area contributed by atoms with Crippen LogP contribution >= 0.6 is 0 Å². The maximum Gasteiger partial charge on any atom is 0.135 e. The van der Waals surface area contributed by atoms with Crippen molar-refractivity contribution in [1.29, 1.82) is 0 Å². The lowest BCUT2D eigenvalue weighted by molar-refractivity contribution is -0.787. The van der Waals surface area contributed by atoms with Crippen molar-refractivity contribution in [3.05, 3.63) is 24.3 Å². The molecule has 1 fully saturated rings. The van der Waals surface area contributed by atoms with Crippen molar-refractivity contribution in [3.8, 4) is 11.5 Å². The number of carboxylic acids is 2. The Hall–Kier alpha value is -2.32. The third kappa shape index (κ3) is 8.64. The number of aliphatic carboxylic acids is 2.